The average Bonchev–Trinajstić information content (AvgIpc) is 3.24. The van der Waals surface area contributed by atoms with Crippen LogP contribution in [0.3, 0.4) is 0 Å². The van der Waals surface area contributed by atoms with Crippen LogP contribution in [0.1, 0.15) is 32.7 Å². The maximum Gasteiger partial charge on any atom is 0.417 e. The van der Waals surface area contributed by atoms with Crippen LogP contribution in [-0.2, 0) is 17.7 Å². The van der Waals surface area contributed by atoms with Crippen molar-refractivity contribution in [2.24, 2.45) is 0 Å². The van der Waals surface area contributed by atoms with E-state index in [4.69, 9.17) is 0 Å². The monoisotopic (exact) mass is 403 g/mol. The molecule has 0 radical (unpaired) electrons. The molecule has 1 aromatic heterocycles. The number of rotatable bonds is 3. The summed E-state index contributed by atoms with van der Waals surface area (Å²) < 4.78 is 41.5. The van der Waals surface area contributed by atoms with Crippen LogP contribution in [0.2, 0.25) is 0 Å². The van der Waals surface area contributed by atoms with Gasteiger partial charge >= 0.3 is 6.18 Å². The molecule has 8 heteroatoms. The summed E-state index contributed by atoms with van der Waals surface area (Å²) in [7, 11) is 0. The summed E-state index contributed by atoms with van der Waals surface area (Å²) in [5.74, 6) is 0.979. The molecule has 4 nitrogen and oxygen atoms in total. The molecule has 144 valence electrons. The highest BCUT2D eigenvalue weighted by atomic mass is 32.2. The third-order valence-corrected chi connectivity index (χ3v) is 5.57. The SMILES string of the molecule is Cc1ccccc1-n1nc2c(c1NC(=O)c1ccccc1C(F)(F)F)CSC2. The van der Waals surface area contributed by atoms with Gasteiger partial charge in [-0.3, -0.25) is 4.79 Å². The first-order valence-corrected chi connectivity index (χ1v) is 9.74. The molecule has 0 atom stereocenters. The molecular formula is C20H16F3N3OS. The van der Waals surface area contributed by atoms with Gasteiger partial charge in [-0.1, -0.05) is 30.3 Å². The first-order valence-electron chi connectivity index (χ1n) is 8.58. The number of para-hydroxylation sites is 1. The molecule has 0 unspecified atom stereocenters. The Morgan fingerprint density at radius 1 is 1.11 bits per heavy atom. The van der Waals surface area contributed by atoms with E-state index in [0.29, 0.717) is 17.3 Å². The summed E-state index contributed by atoms with van der Waals surface area (Å²) >= 11 is 1.65. The highest BCUT2D eigenvalue weighted by Gasteiger charge is 2.35. The fourth-order valence-electron chi connectivity index (χ4n) is 3.22. The minimum absolute atomic E-state index is 0.410. The number of thioether (sulfide) groups is 1. The zero-order valence-corrected chi connectivity index (χ0v) is 15.7. The molecule has 1 aliphatic rings. The van der Waals surface area contributed by atoms with Gasteiger partial charge in [0.15, 0.2) is 0 Å². The van der Waals surface area contributed by atoms with E-state index in [0.717, 1.165) is 28.6 Å². The van der Waals surface area contributed by atoms with Crippen molar-refractivity contribution in [2.45, 2.75) is 24.6 Å². The Kier molecular flexibility index (Phi) is 4.66. The largest absolute Gasteiger partial charge is 0.417 e. The standard InChI is InChI=1S/C20H16F3N3OS/c1-12-6-2-5-9-17(12)26-18(14-10-28-11-16(14)25-26)24-19(27)13-7-3-4-8-15(13)20(21,22)23/h2-9H,10-11H2,1H3,(H,24,27). The first kappa shape index (κ1) is 18.6. The Bertz CT molecular complexity index is 1060. The number of alkyl halides is 3. The third-order valence-electron chi connectivity index (χ3n) is 4.60. The lowest BCUT2D eigenvalue weighted by atomic mass is 10.1. The van der Waals surface area contributed by atoms with E-state index in [1.54, 1.807) is 16.4 Å². The summed E-state index contributed by atoms with van der Waals surface area (Å²) in [6.07, 6.45) is -4.61. The van der Waals surface area contributed by atoms with E-state index < -0.39 is 23.2 Å². The van der Waals surface area contributed by atoms with Crippen molar-refractivity contribution in [2.75, 3.05) is 5.32 Å². The van der Waals surface area contributed by atoms with Gasteiger partial charge in [-0.05, 0) is 30.7 Å². The summed E-state index contributed by atoms with van der Waals surface area (Å²) in [5.41, 5.74) is 2.05. The molecule has 0 saturated carbocycles. The third kappa shape index (κ3) is 3.28. The van der Waals surface area contributed by atoms with Crippen LogP contribution in [0.25, 0.3) is 5.69 Å². The molecule has 1 N–H and O–H groups in total. The van der Waals surface area contributed by atoms with Crippen LogP contribution >= 0.6 is 11.8 Å². The summed E-state index contributed by atoms with van der Waals surface area (Å²) in [6, 6.07) is 12.3. The van der Waals surface area contributed by atoms with Gasteiger partial charge < -0.3 is 5.32 Å². The van der Waals surface area contributed by atoms with Crippen molar-refractivity contribution in [3.63, 3.8) is 0 Å². The zero-order valence-electron chi connectivity index (χ0n) is 14.9. The molecule has 3 aromatic rings. The van der Waals surface area contributed by atoms with Crippen molar-refractivity contribution >= 4 is 23.5 Å². The summed E-state index contributed by atoms with van der Waals surface area (Å²) in [5, 5.41) is 7.29. The van der Waals surface area contributed by atoms with Gasteiger partial charge in [0.25, 0.3) is 5.91 Å². The van der Waals surface area contributed by atoms with E-state index >= 15 is 0 Å². The molecule has 1 amide bonds. The van der Waals surface area contributed by atoms with Crippen LogP contribution in [-0.4, -0.2) is 15.7 Å². The lowest BCUT2D eigenvalue weighted by Crippen LogP contribution is -2.21. The summed E-state index contributed by atoms with van der Waals surface area (Å²) in [4.78, 5) is 12.8. The number of hydrogen-bond acceptors (Lipinski definition) is 3. The highest BCUT2D eigenvalue weighted by Crippen LogP contribution is 2.37. The van der Waals surface area contributed by atoms with Crippen LogP contribution in [0.15, 0.2) is 48.5 Å². The number of anilines is 1. The zero-order chi connectivity index (χ0) is 19.9. The van der Waals surface area contributed by atoms with Crippen molar-refractivity contribution in [3.8, 4) is 5.69 Å². The van der Waals surface area contributed by atoms with E-state index in [1.807, 2.05) is 31.2 Å². The van der Waals surface area contributed by atoms with Crippen molar-refractivity contribution < 1.29 is 18.0 Å². The normalized spacial score (nSPS) is 13.4. The number of hydrogen-bond donors (Lipinski definition) is 1. The van der Waals surface area contributed by atoms with Gasteiger partial charge in [0, 0.05) is 17.1 Å². The number of aromatic nitrogens is 2. The molecule has 0 bridgehead atoms. The van der Waals surface area contributed by atoms with Crippen molar-refractivity contribution in [3.05, 3.63) is 76.5 Å². The van der Waals surface area contributed by atoms with Gasteiger partial charge in [0.05, 0.1) is 22.5 Å². The topological polar surface area (TPSA) is 46.9 Å². The molecular weight excluding hydrogens is 387 g/mol. The maximum absolute atomic E-state index is 13.3. The van der Waals surface area contributed by atoms with Crippen LogP contribution < -0.4 is 5.32 Å². The summed E-state index contributed by atoms with van der Waals surface area (Å²) in [6.45, 7) is 1.92. The smallest absolute Gasteiger partial charge is 0.306 e. The minimum Gasteiger partial charge on any atom is -0.306 e. The molecule has 0 saturated heterocycles. The van der Waals surface area contributed by atoms with Gasteiger partial charge in [-0.25, -0.2) is 4.68 Å². The molecule has 2 heterocycles. The fourth-order valence-corrected chi connectivity index (χ4v) is 4.25. The van der Waals surface area contributed by atoms with Gasteiger partial charge in [-0.15, -0.1) is 0 Å². The van der Waals surface area contributed by atoms with E-state index in [1.165, 1.54) is 18.2 Å². The second-order valence-electron chi connectivity index (χ2n) is 6.46. The Morgan fingerprint density at radius 3 is 2.57 bits per heavy atom. The fraction of sp³-hybridized carbons (Fsp3) is 0.200. The Labute approximate surface area is 163 Å². The molecule has 28 heavy (non-hydrogen) atoms. The Hall–Kier alpha value is -2.74. The average molecular weight is 403 g/mol. The van der Waals surface area contributed by atoms with E-state index in [2.05, 4.69) is 10.4 Å². The number of nitrogens with zero attached hydrogens (tertiary/aromatic N) is 2. The molecule has 2 aromatic carbocycles. The minimum atomic E-state index is -4.61. The second-order valence-corrected chi connectivity index (χ2v) is 7.45. The molecule has 0 spiro atoms. The number of carbonyl (C=O) groups excluding carboxylic acids is 1. The number of halogens is 3. The quantitative estimate of drug-likeness (QED) is 0.654. The highest BCUT2D eigenvalue weighted by molar-refractivity contribution is 7.98. The molecule has 4 rings (SSSR count). The maximum atomic E-state index is 13.3. The number of benzene rings is 2. The van der Waals surface area contributed by atoms with Gasteiger partial charge in [-0.2, -0.15) is 30.0 Å². The van der Waals surface area contributed by atoms with E-state index in [-0.39, 0.29) is 0 Å². The van der Waals surface area contributed by atoms with Gasteiger partial charge in [0.2, 0.25) is 0 Å². The van der Waals surface area contributed by atoms with Crippen LogP contribution in [0.5, 0.6) is 0 Å². The number of amides is 1. The Morgan fingerprint density at radius 2 is 1.82 bits per heavy atom. The number of carbonyl (C=O) groups is 1. The van der Waals surface area contributed by atoms with Crippen molar-refractivity contribution in [1.29, 1.82) is 0 Å². The molecule has 0 aliphatic carbocycles. The van der Waals surface area contributed by atoms with Gasteiger partial charge in [0.1, 0.15) is 5.82 Å². The second kappa shape index (κ2) is 7.01. The lowest BCUT2D eigenvalue weighted by molar-refractivity contribution is -0.137. The Balaban J connectivity index is 1.78. The first-order chi connectivity index (χ1) is 13.4. The van der Waals surface area contributed by atoms with Crippen LogP contribution in [0.4, 0.5) is 19.0 Å². The number of aryl methyl sites for hydroxylation is 1. The van der Waals surface area contributed by atoms with Crippen molar-refractivity contribution in [1.82, 2.24) is 9.78 Å². The molecule has 0 fully saturated rings. The van der Waals surface area contributed by atoms with E-state index in [9.17, 15) is 18.0 Å². The predicted molar refractivity (Wildman–Crippen MR) is 103 cm³/mol. The van der Waals surface area contributed by atoms with Crippen LogP contribution in [0, 0.1) is 6.92 Å². The lowest BCUT2D eigenvalue weighted by Gasteiger charge is -2.15. The number of fused-ring (bicyclic) bond motifs is 1. The number of nitrogens with one attached hydrogen (secondary N) is 1. The molecule has 1 aliphatic heterocycles. The predicted octanol–water partition coefficient (Wildman–Crippen LogP) is 5.20.